The molecule has 3 aromatic rings. The molecular weight excluding hydrogens is 434 g/mol. The standard InChI is InChI=1S/C24H22F2N2O3S/c1-15-27-13-17(14-28-15)21-12-16(2-9-22(21)26)3-10-23(29)20-8-11-24(20)32(30,31)19-6-4-18(25)5-7-19/h2,4-7,9,12-14,20,24H,3,8,10-11H2,1H3/t20-,24-/m0/s1. The lowest BCUT2D eigenvalue weighted by molar-refractivity contribution is -0.124. The Hall–Kier alpha value is -3.00. The first-order valence-electron chi connectivity index (χ1n) is 10.4. The zero-order chi connectivity index (χ0) is 22.9. The van der Waals surface area contributed by atoms with Crippen LogP contribution in [-0.2, 0) is 21.1 Å². The Labute approximate surface area is 185 Å². The van der Waals surface area contributed by atoms with Crippen molar-refractivity contribution in [1.82, 2.24) is 9.97 Å². The van der Waals surface area contributed by atoms with Gasteiger partial charge in [-0.25, -0.2) is 27.2 Å². The van der Waals surface area contributed by atoms with Crippen LogP contribution in [0.2, 0.25) is 0 Å². The normalized spacial score (nSPS) is 18.2. The molecule has 1 aliphatic carbocycles. The highest BCUT2D eigenvalue weighted by Crippen LogP contribution is 2.38. The SMILES string of the molecule is Cc1ncc(-c2cc(CCC(=O)[C@@H]3CC[C@@H]3S(=O)(=O)c3ccc(F)cc3)ccc2F)cn1. The van der Waals surface area contributed by atoms with Crippen molar-refractivity contribution in [3.05, 3.63) is 77.9 Å². The third kappa shape index (κ3) is 4.46. The molecule has 0 amide bonds. The molecule has 1 aromatic heterocycles. The van der Waals surface area contributed by atoms with Crippen molar-refractivity contribution in [1.29, 1.82) is 0 Å². The van der Waals surface area contributed by atoms with Gasteiger partial charge in [0.1, 0.15) is 23.2 Å². The maximum atomic E-state index is 14.3. The number of carbonyl (C=O) groups excluding carboxylic acids is 1. The van der Waals surface area contributed by atoms with E-state index in [9.17, 15) is 22.0 Å². The lowest BCUT2D eigenvalue weighted by Crippen LogP contribution is -2.43. The number of aryl methyl sites for hydroxylation is 2. The summed E-state index contributed by atoms with van der Waals surface area (Å²) in [5, 5.41) is -0.783. The number of ketones is 1. The molecule has 0 bridgehead atoms. The Balaban J connectivity index is 1.44. The fourth-order valence-electron chi connectivity index (χ4n) is 3.94. The summed E-state index contributed by atoms with van der Waals surface area (Å²) in [7, 11) is -3.70. The molecule has 0 spiro atoms. The zero-order valence-corrected chi connectivity index (χ0v) is 18.3. The summed E-state index contributed by atoms with van der Waals surface area (Å²) in [6, 6.07) is 9.32. The summed E-state index contributed by atoms with van der Waals surface area (Å²) >= 11 is 0. The van der Waals surface area contributed by atoms with Crippen LogP contribution in [0.3, 0.4) is 0 Å². The summed E-state index contributed by atoms with van der Waals surface area (Å²) in [6.07, 6.45) is 4.56. The van der Waals surface area contributed by atoms with Gasteiger partial charge in [0.15, 0.2) is 9.84 Å². The fraction of sp³-hybridized carbons (Fsp3) is 0.292. The minimum atomic E-state index is -3.70. The molecule has 0 N–H and O–H groups in total. The van der Waals surface area contributed by atoms with E-state index in [1.54, 1.807) is 31.5 Å². The fourth-order valence-corrected chi connectivity index (χ4v) is 5.97. The second-order valence-electron chi connectivity index (χ2n) is 8.02. The number of hydrogen-bond acceptors (Lipinski definition) is 5. The van der Waals surface area contributed by atoms with Crippen LogP contribution in [0.15, 0.2) is 59.8 Å². The smallest absolute Gasteiger partial charge is 0.181 e. The van der Waals surface area contributed by atoms with Crippen LogP contribution < -0.4 is 0 Å². The molecule has 8 heteroatoms. The first-order chi connectivity index (χ1) is 15.3. The second-order valence-corrected chi connectivity index (χ2v) is 10.2. The number of aromatic nitrogens is 2. The highest BCUT2D eigenvalue weighted by atomic mass is 32.2. The minimum absolute atomic E-state index is 0.0323. The molecule has 0 radical (unpaired) electrons. The Bertz CT molecular complexity index is 1240. The second kappa shape index (κ2) is 8.86. The molecule has 4 rings (SSSR count). The van der Waals surface area contributed by atoms with Crippen LogP contribution in [0.1, 0.15) is 30.7 Å². The predicted molar refractivity (Wildman–Crippen MR) is 116 cm³/mol. The summed E-state index contributed by atoms with van der Waals surface area (Å²) in [6.45, 7) is 1.74. The maximum absolute atomic E-state index is 14.3. The number of nitrogens with zero attached hydrogens (tertiary/aromatic N) is 2. The van der Waals surface area contributed by atoms with Gasteiger partial charge < -0.3 is 0 Å². The Morgan fingerprint density at radius 3 is 2.34 bits per heavy atom. The largest absolute Gasteiger partial charge is 0.299 e. The van der Waals surface area contributed by atoms with Gasteiger partial charge in [0.05, 0.1) is 10.1 Å². The van der Waals surface area contributed by atoms with E-state index in [0.717, 1.165) is 17.7 Å². The van der Waals surface area contributed by atoms with Crippen molar-refractivity contribution in [3.63, 3.8) is 0 Å². The summed E-state index contributed by atoms with van der Waals surface area (Å²) in [5.74, 6) is -1.04. The van der Waals surface area contributed by atoms with Crippen molar-refractivity contribution in [2.45, 2.75) is 42.8 Å². The van der Waals surface area contributed by atoms with Gasteiger partial charge in [-0.15, -0.1) is 0 Å². The summed E-state index contributed by atoms with van der Waals surface area (Å²) in [5.41, 5.74) is 1.67. The molecule has 32 heavy (non-hydrogen) atoms. The van der Waals surface area contributed by atoms with Gasteiger partial charge >= 0.3 is 0 Å². The highest BCUT2D eigenvalue weighted by Gasteiger charge is 2.44. The number of hydrogen-bond donors (Lipinski definition) is 0. The van der Waals surface area contributed by atoms with Gasteiger partial charge in [0.2, 0.25) is 0 Å². The van der Waals surface area contributed by atoms with Gasteiger partial charge in [-0.3, -0.25) is 4.79 Å². The van der Waals surface area contributed by atoms with Gasteiger partial charge in [-0.2, -0.15) is 0 Å². The lowest BCUT2D eigenvalue weighted by atomic mass is 9.79. The molecule has 1 saturated carbocycles. The van der Waals surface area contributed by atoms with Crippen LogP contribution in [0, 0.1) is 24.5 Å². The minimum Gasteiger partial charge on any atom is -0.299 e. The van der Waals surface area contributed by atoms with E-state index >= 15 is 0 Å². The van der Waals surface area contributed by atoms with E-state index in [0.29, 0.717) is 36.2 Å². The van der Waals surface area contributed by atoms with Crippen molar-refractivity contribution >= 4 is 15.6 Å². The molecule has 1 aliphatic rings. The van der Waals surface area contributed by atoms with Crippen molar-refractivity contribution in [3.8, 4) is 11.1 Å². The van der Waals surface area contributed by atoms with Crippen LogP contribution in [-0.4, -0.2) is 29.4 Å². The van der Waals surface area contributed by atoms with E-state index < -0.39 is 32.6 Å². The number of halogens is 2. The maximum Gasteiger partial charge on any atom is 0.181 e. The third-order valence-electron chi connectivity index (χ3n) is 5.95. The van der Waals surface area contributed by atoms with Crippen molar-refractivity contribution in [2.75, 3.05) is 0 Å². The van der Waals surface area contributed by atoms with Gasteiger partial charge in [-0.05, 0) is 68.1 Å². The summed E-state index contributed by atoms with van der Waals surface area (Å²) in [4.78, 5) is 21.0. The number of carbonyl (C=O) groups is 1. The molecule has 2 aromatic carbocycles. The molecular formula is C24H22F2N2O3S. The van der Waals surface area contributed by atoms with E-state index in [1.807, 2.05) is 0 Å². The highest BCUT2D eigenvalue weighted by molar-refractivity contribution is 7.92. The lowest BCUT2D eigenvalue weighted by Gasteiger charge is -2.35. The van der Waals surface area contributed by atoms with Crippen LogP contribution in [0.25, 0.3) is 11.1 Å². The topological polar surface area (TPSA) is 77.0 Å². The number of Topliss-reactive ketones (excluding diaryl/α,β-unsaturated/α-hetero) is 1. The third-order valence-corrected chi connectivity index (χ3v) is 8.24. The van der Waals surface area contributed by atoms with Gasteiger partial charge in [-0.1, -0.05) is 6.07 Å². The monoisotopic (exact) mass is 456 g/mol. The Kier molecular flexibility index (Phi) is 6.15. The number of sulfone groups is 1. The van der Waals surface area contributed by atoms with Gasteiger partial charge in [0, 0.05) is 35.9 Å². The van der Waals surface area contributed by atoms with E-state index in [1.165, 1.54) is 18.2 Å². The van der Waals surface area contributed by atoms with Crippen molar-refractivity contribution < 1.29 is 22.0 Å². The zero-order valence-electron chi connectivity index (χ0n) is 17.5. The predicted octanol–water partition coefficient (Wildman–Crippen LogP) is 4.48. The Morgan fingerprint density at radius 1 is 1.03 bits per heavy atom. The number of rotatable bonds is 7. The first-order valence-corrected chi connectivity index (χ1v) is 11.9. The molecule has 2 atom stereocenters. The summed E-state index contributed by atoms with van der Waals surface area (Å²) < 4.78 is 53.1. The Morgan fingerprint density at radius 2 is 1.72 bits per heavy atom. The van der Waals surface area contributed by atoms with Crippen molar-refractivity contribution in [2.24, 2.45) is 5.92 Å². The molecule has 0 aliphatic heterocycles. The first kappa shape index (κ1) is 22.2. The van der Waals surface area contributed by atoms with Crippen LogP contribution in [0.4, 0.5) is 8.78 Å². The molecule has 5 nitrogen and oxygen atoms in total. The average molecular weight is 457 g/mol. The molecule has 1 heterocycles. The number of benzene rings is 2. The molecule has 0 saturated heterocycles. The average Bonchev–Trinajstić information content (AvgIpc) is 2.73. The van der Waals surface area contributed by atoms with E-state index in [2.05, 4.69) is 9.97 Å². The quantitative estimate of drug-likeness (QED) is 0.490. The van der Waals surface area contributed by atoms with E-state index in [-0.39, 0.29) is 17.1 Å². The molecule has 0 unspecified atom stereocenters. The molecule has 1 fully saturated rings. The van der Waals surface area contributed by atoms with Crippen LogP contribution >= 0.6 is 0 Å². The van der Waals surface area contributed by atoms with Gasteiger partial charge in [0.25, 0.3) is 0 Å². The van der Waals surface area contributed by atoms with E-state index in [4.69, 9.17) is 0 Å². The molecule has 166 valence electrons. The van der Waals surface area contributed by atoms with Crippen LogP contribution in [0.5, 0.6) is 0 Å².